The largest absolute Gasteiger partial charge is 0.481 e. The smallest absolute Gasteiger partial charge is 0.303 e. The molecule has 4 nitrogen and oxygen atoms in total. The van der Waals surface area contributed by atoms with E-state index in [1.54, 1.807) is 0 Å². The minimum atomic E-state index is -0.809. The van der Waals surface area contributed by atoms with Crippen LogP contribution in [-0.2, 0) is 9.59 Å². The molecular formula is C17H23NO3. The van der Waals surface area contributed by atoms with E-state index in [0.29, 0.717) is 6.42 Å². The van der Waals surface area contributed by atoms with Crippen molar-refractivity contribution < 1.29 is 14.7 Å². The van der Waals surface area contributed by atoms with Crippen LogP contribution in [0, 0.1) is 19.3 Å². The van der Waals surface area contributed by atoms with Crippen molar-refractivity contribution in [2.75, 3.05) is 5.32 Å². The van der Waals surface area contributed by atoms with Crippen LogP contribution in [0.1, 0.15) is 49.7 Å². The van der Waals surface area contributed by atoms with Gasteiger partial charge in [-0.3, -0.25) is 9.59 Å². The third-order valence-electron chi connectivity index (χ3n) is 4.38. The monoisotopic (exact) mass is 289 g/mol. The average Bonchev–Trinajstić information content (AvgIpc) is 2.80. The van der Waals surface area contributed by atoms with Gasteiger partial charge in [0.15, 0.2) is 0 Å². The Morgan fingerprint density at radius 1 is 1.19 bits per heavy atom. The summed E-state index contributed by atoms with van der Waals surface area (Å²) in [5.41, 5.74) is 2.65. The number of carbonyl (C=O) groups is 2. The van der Waals surface area contributed by atoms with Crippen LogP contribution >= 0.6 is 0 Å². The Kier molecular flexibility index (Phi) is 4.66. The molecular weight excluding hydrogens is 266 g/mol. The number of hydrogen-bond donors (Lipinski definition) is 2. The number of nitrogens with one attached hydrogen (secondary N) is 1. The number of amides is 1. The van der Waals surface area contributed by atoms with E-state index in [4.69, 9.17) is 5.11 Å². The Hall–Kier alpha value is -1.84. The van der Waals surface area contributed by atoms with Crippen molar-refractivity contribution in [3.05, 3.63) is 29.3 Å². The number of aryl methyl sites for hydroxylation is 2. The molecule has 21 heavy (non-hydrogen) atoms. The van der Waals surface area contributed by atoms with Gasteiger partial charge in [-0.1, -0.05) is 30.5 Å². The van der Waals surface area contributed by atoms with E-state index in [2.05, 4.69) is 5.32 Å². The van der Waals surface area contributed by atoms with Gasteiger partial charge in [0.05, 0.1) is 6.42 Å². The van der Waals surface area contributed by atoms with E-state index in [9.17, 15) is 9.59 Å². The molecule has 0 unspecified atom stereocenters. The Morgan fingerprint density at radius 3 is 2.43 bits per heavy atom. The Balaban J connectivity index is 2.04. The van der Waals surface area contributed by atoms with Crippen molar-refractivity contribution in [3.8, 4) is 0 Å². The van der Waals surface area contributed by atoms with Gasteiger partial charge in [0.1, 0.15) is 0 Å². The standard InChI is InChI=1S/C17H23NO3/c1-12-5-6-14(13(2)9-12)18-15(19)10-17(11-16(20)21)7-3-4-8-17/h5-6,9H,3-4,7-8,10-11H2,1-2H3,(H,18,19)(H,20,21). The lowest BCUT2D eigenvalue weighted by molar-refractivity contribution is -0.140. The molecule has 1 amide bonds. The summed E-state index contributed by atoms with van der Waals surface area (Å²) in [7, 11) is 0. The second kappa shape index (κ2) is 6.29. The zero-order valence-corrected chi connectivity index (χ0v) is 12.7. The zero-order chi connectivity index (χ0) is 15.5. The molecule has 0 saturated heterocycles. The van der Waals surface area contributed by atoms with Crippen molar-refractivity contribution >= 4 is 17.6 Å². The van der Waals surface area contributed by atoms with Crippen LogP contribution < -0.4 is 5.32 Å². The maximum absolute atomic E-state index is 12.3. The first kappa shape index (κ1) is 15.5. The van der Waals surface area contributed by atoms with Gasteiger partial charge in [0, 0.05) is 12.1 Å². The summed E-state index contributed by atoms with van der Waals surface area (Å²) >= 11 is 0. The molecule has 0 bridgehead atoms. The molecule has 0 radical (unpaired) electrons. The third-order valence-corrected chi connectivity index (χ3v) is 4.38. The lowest BCUT2D eigenvalue weighted by Gasteiger charge is -2.26. The van der Waals surface area contributed by atoms with Gasteiger partial charge in [-0.25, -0.2) is 0 Å². The molecule has 1 saturated carbocycles. The highest BCUT2D eigenvalue weighted by Crippen LogP contribution is 2.44. The maximum Gasteiger partial charge on any atom is 0.303 e. The highest BCUT2D eigenvalue weighted by molar-refractivity contribution is 5.92. The Bertz CT molecular complexity index is 545. The lowest BCUT2D eigenvalue weighted by Crippen LogP contribution is -2.27. The molecule has 1 fully saturated rings. The van der Waals surface area contributed by atoms with Gasteiger partial charge in [0.2, 0.25) is 5.91 Å². The maximum atomic E-state index is 12.3. The van der Waals surface area contributed by atoms with Gasteiger partial charge in [-0.15, -0.1) is 0 Å². The summed E-state index contributed by atoms with van der Waals surface area (Å²) in [6.07, 6.45) is 4.09. The Labute approximate surface area is 125 Å². The molecule has 114 valence electrons. The van der Waals surface area contributed by atoms with Crippen molar-refractivity contribution in [1.29, 1.82) is 0 Å². The predicted octanol–water partition coefficient (Wildman–Crippen LogP) is 3.67. The number of anilines is 1. The van der Waals surface area contributed by atoms with E-state index in [0.717, 1.165) is 42.5 Å². The number of rotatable bonds is 5. The van der Waals surface area contributed by atoms with Crippen LogP contribution in [0.2, 0.25) is 0 Å². The molecule has 0 aromatic heterocycles. The summed E-state index contributed by atoms with van der Waals surface area (Å²) in [6, 6.07) is 5.89. The summed E-state index contributed by atoms with van der Waals surface area (Å²) in [5.74, 6) is -0.888. The molecule has 0 aliphatic heterocycles. The van der Waals surface area contributed by atoms with Crippen LogP contribution in [0.3, 0.4) is 0 Å². The van der Waals surface area contributed by atoms with E-state index in [1.807, 2.05) is 32.0 Å². The number of carboxylic acid groups (broad SMARTS) is 1. The van der Waals surface area contributed by atoms with Crippen LogP contribution in [0.25, 0.3) is 0 Å². The van der Waals surface area contributed by atoms with E-state index >= 15 is 0 Å². The van der Waals surface area contributed by atoms with E-state index in [-0.39, 0.29) is 17.7 Å². The molecule has 0 spiro atoms. The van der Waals surface area contributed by atoms with Gasteiger partial charge in [-0.05, 0) is 43.7 Å². The molecule has 2 N–H and O–H groups in total. The summed E-state index contributed by atoms with van der Waals surface area (Å²) in [5, 5.41) is 12.0. The first-order valence-electron chi connectivity index (χ1n) is 7.49. The fourth-order valence-electron chi connectivity index (χ4n) is 3.35. The molecule has 2 rings (SSSR count). The van der Waals surface area contributed by atoms with Crippen LogP contribution in [0.4, 0.5) is 5.69 Å². The summed E-state index contributed by atoms with van der Waals surface area (Å²) < 4.78 is 0. The van der Waals surface area contributed by atoms with Crippen molar-refractivity contribution in [1.82, 2.24) is 0 Å². The van der Waals surface area contributed by atoms with E-state index < -0.39 is 5.97 Å². The average molecular weight is 289 g/mol. The quantitative estimate of drug-likeness (QED) is 0.869. The predicted molar refractivity (Wildman–Crippen MR) is 82.3 cm³/mol. The number of benzene rings is 1. The zero-order valence-electron chi connectivity index (χ0n) is 12.7. The van der Waals surface area contributed by atoms with Gasteiger partial charge in [0.25, 0.3) is 0 Å². The third kappa shape index (κ3) is 4.06. The molecule has 1 aromatic carbocycles. The van der Waals surface area contributed by atoms with Crippen LogP contribution in [0.5, 0.6) is 0 Å². The van der Waals surface area contributed by atoms with Crippen LogP contribution in [-0.4, -0.2) is 17.0 Å². The number of aliphatic carboxylic acids is 1. The number of carbonyl (C=O) groups excluding carboxylic acids is 1. The lowest BCUT2D eigenvalue weighted by atomic mass is 9.79. The highest BCUT2D eigenvalue weighted by Gasteiger charge is 2.38. The summed E-state index contributed by atoms with van der Waals surface area (Å²) in [4.78, 5) is 23.3. The highest BCUT2D eigenvalue weighted by atomic mass is 16.4. The molecule has 1 aliphatic rings. The minimum Gasteiger partial charge on any atom is -0.481 e. The minimum absolute atomic E-state index is 0.0786. The fraction of sp³-hybridized carbons (Fsp3) is 0.529. The van der Waals surface area contributed by atoms with Gasteiger partial charge >= 0.3 is 5.97 Å². The molecule has 0 heterocycles. The second-order valence-electron chi connectivity index (χ2n) is 6.32. The molecule has 0 atom stereocenters. The summed E-state index contributed by atoms with van der Waals surface area (Å²) in [6.45, 7) is 3.98. The van der Waals surface area contributed by atoms with Crippen molar-refractivity contribution in [3.63, 3.8) is 0 Å². The van der Waals surface area contributed by atoms with E-state index in [1.165, 1.54) is 0 Å². The van der Waals surface area contributed by atoms with Crippen LogP contribution in [0.15, 0.2) is 18.2 Å². The topological polar surface area (TPSA) is 66.4 Å². The van der Waals surface area contributed by atoms with Gasteiger partial charge < -0.3 is 10.4 Å². The SMILES string of the molecule is Cc1ccc(NC(=O)CC2(CC(=O)O)CCCC2)c(C)c1. The Morgan fingerprint density at radius 2 is 1.86 bits per heavy atom. The molecule has 4 heteroatoms. The fourth-order valence-corrected chi connectivity index (χ4v) is 3.35. The first-order valence-corrected chi connectivity index (χ1v) is 7.49. The second-order valence-corrected chi connectivity index (χ2v) is 6.32. The normalized spacial score (nSPS) is 16.7. The molecule has 1 aliphatic carbocycles. The molecule has 1 aromatic rings. The van der Waals surface area contributed by atoms with Gasteiger partial charge in [-0.2, -0.15) is 0 Å². The number of hydrogen-bond acceptors (Lipinski definition) is 2. The number of carboxylic acids is 1. The first-order chi connectivity index (χ1) is 9.90. The van der Waals surface area contributed by atoms with Crippen molar-refractivity contribution in [2.45, 2.75) is 52.4 Å². The van der Waals surface area contributed by atoms with Crippen molar-refractivity contribution in [2.24, 2.45) is 5.41 Å².